The van der Waals surface area contributed by atoms with E-state index in [1.165, 1.54) is 174 Å². The molecular formula is C69H124O8Si6. The van der Waals surface area contributed by atoms with E-state index in [9.17, 15) is 0 Å². The average Bonchev–Trinajstić information content (AvgIpc) is 2.18. The summed E-state index contributed by atoms with van der Waals surface area (Å²) < 4.78 is 50.5. The Labute approximate surface area is 514 Å². The molecule has 6 saturated heterocycles. The summed E-state index contributed by atoms with van der Waals surface area (Å²) in [7, 11) is -12.0. The summed E-state index contributed by atoms with van der Waals surface area (Å²) >= 11 is 0. The molecule has 472 valence electrons. The third-order valence-electron chi connectivity index (χ3n) is 21.5. The molecule has 0 amide bonds. The molecule has 6 fully saturated rings. The van der Waals surface area contributed by atoms with Crippen molar-refractivity contribution in [2.75, 3.05) is 39.6 Å². The molecule has 0 aliphatic carbocycles. The number of rotatable bonds is 44. The number of benzene rings is 2. The molecule has 8 rings (SSSR count). The molecule has 0 aromatic heterocycles. The van der Waals surface area contributed by atoms with Gasteiger partial charge in [0.05, 0.1) is 136 Å². The molecule has 8 atom stereocenters. The van der Waals surface area contributed by atoms with E-state index in [2.05, 4.69) is 131 Å². The zero-order valence-corrected chi connectivity index (χ0v) is 62.3. The van der Waals surface area contributed by atoms with Gasteiger partial charge in [0.2, 0.25) is 0 Å². The van der Waals surface area contributed by atoms with Crippen LogP contribution in [-0.4, -0.2) is 136 Å². The average molecular weight is 1250 g/mol. The number of unbranched alkanes of at least 4 members (excludes halogenated alkanes) is 6. The summed E-state index contributed by atoms with van der Waals surface area (Å²) in [6.45, 7) is 48.1. The van der Waals surface area contributed by atoms with E-state index in [0.717, 1.165) is 52.5 Å². The highest BCUT2D eigenvalue weighted by atomic mass is 28.3. The second-order valence-corrected chi connectivity index (χ2v) is 61.6. The maximum absolute atomic E-state index is 8.07. The number of ether oxygens (including phenoxy) is 8. The van der Waals surface area contributed by atoms with Crippen molar-refractivity contribution >= 4 is 69.2 Å². The molecule has 0 saturated carbocycles. The van der Waals surface area contributed by atoms with Crippen molar-refractivity contribution in [1.29, 1.82) is 0 Å². The van der Waals surface area contributed by atoms with Crippen molar-refractivity contribution in [2.24, 2.45) is 0 Å². The maximum atomic E-state index is 8.07. The van der Waals surface area contributed by atoms with Gasteiger partial charge in [0, 0.05) is 5.41 Å². The molecule has 14 heteroatoms. The number of hydrogen-bond donors (Lipinski definition) is 0. The Bertz CT molecular complexity index is 2080. The fourth-order valence-electron chi connectivity index (χ4n) is 14.2. The quantitative estimate of drug-likeness (QED) is 0.0368. The fourth-order valence-corrected chi connectivity index (χ4v) is 31.5. The van der Waals surface area contributed by atoms with Gasteiger partial charge in [0.15, 0.2) is 0 Å². The Balaban J connectivity index is 1.26. The standard InChI is InChI=1S/C69H124O8Si6/c1-17-65(82(13,14)41-29-23-35-59-51-74-59)76-67-61(78(5,6)37-25-19-31-55-47-70-55)43-53(44-62(67)79(7,8)38-26-20-32-56-48-71-56)69(3,4)54-45-63(80(9,10)39-27-21-33-57-49-72-57)68(64(46-54)81(11,12)40-28-22-34-58-50-73-58)77-66(18-2)83(15,16)42-30-24-36-60-52-75-60/h43-46,55-60,65-66H,17-42,47-52H2,1-16H3. The summed E-state index contributed by atoms with van der Waals surface area (Å²) in [4.78, 5) is 0. The van der Waals surface area contributed by atoms with Crippen LogP contribution >= 0.6 is 0 Å². The zero-order valence-electron chi connectivity index (χ0n) is 56.3. The van der Waals surface area contributed by atoms with Crippen LogP contribution in [0, 0.1) is 0 Å². The minimum absolute atomic E-state index is 0.264. The van der Waals surface area contributed by atoms with Crippen LogP contribution in [0.4, 0.5) is 0 Å². The van der Waals surface area contributed by atoms with Crippen molar-refractivity contribution in [3.05, 3.63) is 35.4 Å². The van der Waals surface area contributed by atoms with E-state index in [1.54, 1.807) is 20.7 Å². The molecule has 8 unspecified atom stereocenters. The van der Waals surface area contributed by atoms with E-state index < -0.39 is 48.4 Å². The summed E-state index contributed by atoms with van der Waals surface area (Å²) in [5.41, 5.74) is 3.30. The fraction of sp³-hybridized carbons (Fsp3) is 0.826. The normalized spacial score (nSPS) is 23.3. The molecule has 0 N–H and O–H groups in total. The molecule has 0 spiro atoms. The second-order valence-electron chi connectivity index (χ2n) is 32.2. The molecule has 0 bridgehead atoms. The molecule has 0 radical (unpaired) electrons. The smallest absolute Gasteiger partial charge is 0.117 e. The van der Waals surface area contributed by atoms with Crippen LogP contribution in [0.3, 0.4) is 0 Å². The van der Waals surface area contributed by atoms with E-state index in [1.807, 2.05) is 0 Å². The van der Waals surface area contributed by atoms with Gasteiger partial charge in [0.1, 0.15) is 11.5 Å². The van der Waals surface area contributed by atoms with Crippen LogP contribution in [0.25, 0.3) is 0 Å². The number of hydrogen-bond acceptors (Lipinski definition) is 8. The van der Waals surface area contributed by atoms with Crippen LogP contribution in [0.5, 0.6) is 11.5 Å². The lowest BCUT2D eigenvalue weighted by Crippen LogP contribution is -2.54. The third kappa shape index (κ3) is 20.6. The summed E-state index contributed by atoms with van der Waals surface area (Å²) in [6.07, 6.45) is 27.5. The van der Waals surface area contributed by atoms with Gasteiger partial charge in [-0.2, -0.15) is 0 Å². The maximum Gasteiger partial charge on any atom is 0.117 e. The van der Waals surface area contributed by atoms with Crippen molar-refractivity contribution in [2.45, 2.75) is 324 Å². The van der Waals surface area contributed by atoms with Gasteiger partial charge in [0.25, 0.3) is 0 Å². The zero-order chi connectivity index (χ0) is 59.9. The SMILES string of the molecule is CCC(Oc1c([Si](C)(C)CCCCC2CO2)cc(C(C)(C)c2cc([Si](C)(C)CCCCC3CO3)c(OC(CC)[Si](C)(C)CCCCC3CO3)c([Si](C)(C)CCCCC3CO3)c2)cc1[Si](C)(C)CCCCC1CO1)[Si](C)(C)CCCCC1CO1. The highest BCUT2D eigenvalue weighted by molar-refractivity contribution is 6.95. The predicted molar refractivity (Wildman–Crippen MR) is 368 cm³/mol. The Morgan fingerprint density at radius 1 is 0.361 bits per heavy atom. The third-order valence-corrected chi connectivity index (χ3v) is 43.0. The summed E-state index contributed by atoms with van der Waals surface area (Å²) in [5, 5.41) is 6.42. The van der Waals surface area contributed by atoms with Gasteiger partial charge in [-0.25, -0.2) is 0 Å². The van der Waals surface area contributed by atoms with Crippen molar-refractivity contribution in [3.63, 3.8) is 0 Å². The molecule has 6 aliphatic heterocycles. The lowest BCUT2D eigenvalue weighted by atomic mass is 9.78. The predicted octanol–water partition coefficient (Wildman–Crippen LogP) is 15.9. The summed E-state index contributed by atoms with van der Waals surface area (Å²) in [5.74, 6) is 2.68. The van der Waals surface area contributed by atoms with Gasteiger partial charge >= 0.3 is 0 Å². The lowest BCUT2D eigenvalue weighted by molar-refractivity contribution is 0.267. The highest BCUT2D eigenvalue weighted by Gasteiger charge is 2.44. The Morgan fingerprint density at radius 3 is 0.759 bits per heavy atom. The van der Waals surface area contributed by atoms with Crippen molar-refractivity contribution in [3.8, 4) is 11.5 Å². The van der Waals surface area contributed by atoms with E-state index >= 15 is 0 Å². The van der Waals surface area contributed by atoms with Crippen LogP contribution in [0.1, 0.15) is 167 Å². The first-order valence-corrected chi connectivity index (χ1v) is 54.1. The van der Waals surface area contributed by atoms with Crippen LogP contribution in [0.2, 0.25) is 115 Å². The first-order valence-electron chi connectivity index (χ1n) is 34.7. The Morgan fingerprint density at radius 2 is 0.566 bits per heavy atom. The van der Waals surface area contributed by atoms with E-state index in [4.69, 9.17) is 37.9 Å². The van der Waals surface area contributed by atoms with Crippen LogP contribution in [0.15, 0.2) is 24.3 Å². The lowest BCUT2D eigenvalue weighted by Gasteiger charge is -2.41. The second kappa shape index (κ2) is 29.4. The molecular weight excluding hydrogens is 1130 g/mol. The molecule has 6 heterocycles. The van der Waals surface area contributed by atoms with Crippen LogP contribution in [-0.2, 0) is 33.8 Å². The van der Waals surface area contributed by atoms with Gasteiger partial charge < -0.3 is 37.9 Å². The molecule has 83 heavy (non-hydrogen) atoms. The molecule has 8 nitrogen and oxygen atoms in total. The van der Waals surface area contributed by atoms with Crippen LogP contribution < -0.4 is 30.2 Å². The molecule has 2 aromatic carbocycles. The largest absolute Gasteiger partial charge is 0.494 e. The monoisotopic (exact) mass is 1250 g/mol. The van der Waals surface area contributed by atoms with E-state index in [0.29, 0.717) is 36.6 Å². The van der Waals surface area contributed by atoms with Crippen molar-refractivity contribution < 1.29 is 37.9 Å². The van der Waals surface area contributed by atoms with E-state index in [-0.39, 0.29) is 16.9 Å². The Kier molecular flexibility index (Phi) is 24.1. The topological polar surface area (TPSA) is 93.6 Å². The van der Waals surface area contributed by atoms with Gasteiger partial charge in [-0.3, -0.25) is 0 Å². The molecule has 6 aliphatic rings. The van der Waals surface area contributed by atoms with Gasteiger partial charge in [-0.1, -0.05) is 244 Å². The van der Waals surface area contributed by atoms with Gasteiger partial charge in [-0.15, -0.1) is 0 Å². The minimum Gasteiger partial charge on any atom is -0.494 e. The van der Waals surface area contributed by atoms with Gasteiger partial charge in [-0.05, 0) is 83.2 Å². The first kappa shape index (κ1) is 68.0. The highest BCUT2D eigenvalue weighted by Crippen LogP contribution is 2.40. The summed E-state index contributed by atoms with van der Waals surface area (Å²) in [6, 6.07) is 18.9. The number of epoxide rings is 6. The Hall–Kier alpha value is -0.899. The van der Waals surface area contributed by atoms with Crippen molar-refractivity contribution in [1.82, 2.24) is 0 Å². The minimum atomic E-state index is -2.09. The first-order chi connectivity index (χ1) is 39.2. The molecule has 2 aromatic rings.